The van der Waals surface area contributed by atoms with Gasteiger partial charge in [0.15, 0.2) is 0 Å². The molecule has 6 heteroatoms. The molecule has 0 N–H and O–H groups in total. The van der Waals surface area contributed by atoms with E-state index in [4.69, 9.17) is 0 Å². The van der Waals surface area contributed by atoms with E-state index in [1.807, 2.05) is 6.92 Å². The van der Waals surface area contributed by atoms with Crippen molar-refractivity contribution in [2.24, 2.45) is 0 Å². The maximum Gasteiger partial charge on any atom is 0.243 e. The van der Waals surface area contributed by atoms with Crippen LogP contribution in [-0.2, 0) is 14.8 Å². The number of rotatable bonds is 4. The maximum absolute atomic E-state index is 12.8. The first-order valence-electron chi connectivity index (χ1n) is 7.44. The summed E-state index contributed by atoms with van der Waals surface area (Å²) in [6, 6.07) is 6.59. The fraction of sp³-hybridized carbons (Fsp3) is 0.438. The Kier molecular flexibility index (Phi) is 3.82. The van der Waals surface area contributed by atoms with Crippen molar-refractivity contribution in [1.82, 2.24) is 9.21 Å². The standard InChI is InChI=1S/C16H20N2O3S/c1-3-9-17-14-8-10-18(15(14)11-16(17)19)22(20,21)13-6-4-12(2)5-7-13/h3-7,14-15H,1,8-11H2,2H3/t14-,15+/m1/s1. The number of likely N-dealkylation sites (tertiary alicyclic amines) is 1. The zero-order valence-electron chi connectivity index (χ0n) is 12.6. The van der Waals surface area contributed by atoms with Crippen molar-refractivity contribution < 1.29 is 13.2 Å². The molecular formula is C16H20N2O3S. The van der Waals surface area contributed by atoms with Gasteiger partial charge in [0.1, 0.15) is 0 Å². The van der Waals surface area contributed by atoms with Crippen molar-refractivity contribution in [2.45, 2.75) is 36.7 Å². The maximum atomic E-state index is 12.8. The van der Waals surface area contributed by atoms with Crippen molar-refractivity contribution in [2.75, 3.05) is 13.1 Å². The molecule has 2 atom stereocenters. The first-order valence-corrected chi connectivity index (χ1v) is 8.88. The number of amides is 1. The number of carbonyl (C=O) groups is 1. The van der Waals surface area contributed by atoms with Crippen LogP contribution in [0.4, 0.5) is 0 Å². The summed E-state index contributed by atoms with van der Waals surface area (Å²) in [5.74, 6) is 0.0127. The Balaban J connectivity index is 1.89. The fourth-order valence-corrected chi connectivity index (χ4v) is 5.08. The van der Waals surface area contributed by atoms with Gasteiger partial charge in [0.25, 0.3) is 0 Å². The molecule has 0 radical (unpaired) electrons. The molecule has 1 aromatic carbocycles. The summed E-state index contributed by atoms with van der Waals surface area (Å²) in [7, 11) is -3.54. The van der Waals surface area contributed by atoms with Crippen LogP contribution in [0, 0.1) is 6.92 Å². The van der Waals surface area contributed by atoms with Crippen molar-refractivity contribution in [3.05, 3.63) is 42.5 Å². The molecule has 0 bridgehead atoms. The van der Waals surface area contributed by atoms with E-state index in [1.165, 1.54) is 4.31 Å². The normalized spacial score (nSPS) is 25.5. The summed E-state index contributed by atoms with van der Waals surface area (Å²) in [5.41, 5.74) is 1.02. The molecular weight excluding hydrogens is 300 g/mol. The molecule has 0 saturated carbocycles. The molecule has 3 rings (SSSR count). The van der Waals surface area contributed by atoms with Crippen LogP contribution in [0.15, 0.2) is 41.8 Å². The van der Waals surface area contributed by atoms with E-state index in [9.17, 15) is 13.2 Å². The van der Waals surface area contributed by atoms with Gasteiger partial charge in [-0.2, -0.15) is 4.31 Å². The highest BCUT2D eigenvalue weighted by atomic mass is 32.2. The third-order valence-corrected chi connectivity index (χ3v) is 6.46. The van der Waals surface area contributed by atoms with Crippen molar-refractivity contribution in [1.29, 1.82) is 0 Å². The summed E-state index contributed by atoms with van der Waals surface area (Å²) < 4.78 is 27.2. The third-order valence-electron chi connectivity index (χ3n) is 4.52. The molecule has 2 saturated heterocycles. The molecule has 1 amide bonds. The van der Waals surface area contributed by atoms with Crippen LogP contribution in [0.2, 0.25) is 0 Å². The number of hydrogen-bond donors (Lipinski definition) is 0. The lowest BCUT2D eigenvalue weighted by atomic mass is 10.1. The number of sulfonamides is 1. The Bertz CT molecular complexity index is 697. The highest BCUT2D eigenvalue weighted by Gasteiger charge is 2.50. The Morgan fingerprint density at radius 1 is 1.27 bits per heavy atom. The van der Waals surface area contributed by atoms with Crippen LogP contribution in [0.5, 0.6) is 0 Å². The molecule has 5 nitrogen and oxygen atoms in total. The fourth-order valence-electron chi connectivity index (χ4n) is 3.41. The van der Waals surface area contributed by atoms with Gasteiger partial charge in [0, 0.05) is 19.5 Å². The summed E-state index contributed by atoms with van der Waals surface area (Å²) in [6.07, 6.45) is 2.65. The van der Waals surface area contributed by atoms with Gasteiger partial charge in [-0.1, -0.05) is 23.8 Å². The van der Waals surface area contributed by atoms with Gasteiger partial charge >= 0.3 is 0 Å². The second-order valence-corrected chi connectivity index (χ2v) is 7.78. The molecule has 0 spiro atoms. The molecule has 2 aliphatic rings. The van der Waals surface area contributed by atoms with Crippen LogP contribution in [0.1, 0.15) is 18.4 Å². The number of aryl methyl sites for hydroxylation is 1. The van der Waals surface area contributed by atoms with E-state index in [0.29, 0.717) is 24.4 Å². The Hall–Kier alpha value is -1.66. The number of nitrogens with zero attached hydrogens (tertiary/aromatic N) is 2. The van der Waals surface area contributed by atoms with Gasteiger partial charge in [-0.3, -0.25) is 4.79 Å². The molecule has 2 aliphatic heterocycles. The first-order chi connectivity index (χ1) is 10.4. The van der Waals surface area contributed by atoms with Gasteiger partial charge in [-0.05, 0) is 25.5 Å². The highest BCUT2D eigenvalue weighted by molar-refractivity contribution is 7.89. The molecule has 0 aromatic heterocycles. The van der Waals surface area contributed by atoms with Crippen molar-refractivity contribution >= 4 is 15.9 Å². The van der Waals surface area contributed by atoms with E-state index >= 15 is 0 Å². The number of benzene rings is 1. The average molecular weight is 320 g/mol. The second-order valence-electron chi connectivity index (χ2n) is 5.89. The van der Waals surface area contributed by atoms with Crippen molar-refractivity contribution in [3.63, 3.8) is 0 Å². The number of carbonyl (C=O) groups excluding carboxylic acids is 1. The minimum absolute atomic E-state index is 0.0127. The summed E-state index contributed by atoms with van der Waals surface area (Å²) in [4.78, 5) is 14.1. The summed E-state index contributed by atoms with van der Waals surface area (Å²) >= 11 is 0. The van der Waals surface area contributed by atoms with Gasteiger partial charge in [-0.25, -0.2) is 8.42 Å². The highest BCUT2D eigenvalue weighted by Crippen LogP contribution is 2.36. The second kappa shape index (κ2) is 5.52. The van der Waals surface area contributed by atoms with Crippen LogP contribution in [-0.4, -0.2) is 48.7 Å². The summed E-state index contributed by atoms with van der Waals surface area (Å²) in [5, 5.41) is 0. The average Bonchev–Trinajstić information content (AvgIpc) is 3.00. The molecule has 22 heavy (non-hydrogen) atoms. The van der Waals surface area contributed by atoms with Crippen molar-refractivity contribution in [3.8, 4) is 0 Å². The molecule has 2 heterocycles. The van der Waals surface area contributed by atoms with E-state index < -0.39 is 10.0 Å². The zero-order chi connectivity index (χ0) is 15.9. The lowest BCUT2D eigenvalue weighted by Gasteiger charge is -2.24. The quantitative estimate of drug-likeness (QED) is 0.791. The smallest absolute Gasteiger partial charge is 0.243 e. The molecule has 118 valence electrons. The van der Waals surface area contributed by atoms with Gasteiger partial charge in [-0.15, -0.1) is 6.58 Å². The van der Waals surface area contributed by atoms with Gasteiger partial charge in [0.2, 0.25) is 15.9 Å². The first kappa shape index (κ1) is 15.2. The Morgan fingerprint density at radius 2 is 1.95 bits per heavy atom. The van der Waals surface area contributed by atoms with Crippen LogP contribution >= 0.6 is 0 Å². The predicted molar refractivity (Wildman–Crippen MR) is 83.8 cm³/mol. The molecule has 1 aromatic rings. The number of hydrogen-bond acceptors (Lipinski definition) is 3. The zero-order valence-corrected chi connectivity index (χ0v) is 13.4. The van der Waals surface area contributed by atoms with E-state index in [1.54, 1.807) is 35.2 Å². The van der Waals surface area contributed by atoms with Crippen LogP contribution < -0.4 is 0 Å². The van der Waals surface area contributed by atoms with E-state index in [2.05, 4.69) is 6.58 Å². The minimum atomic E-state index is -3.54. The molecule has 0 aliphatic carbocycles. The lowest BCUT2D eigenvalue weighted by molar-refractivity contribution is -0.128. The minimum Gasteiger partial charge on any atom is -0.334 e. The Labute approximate surface area is 131 Å². The van der Waals surface area contributed by atoms with Gasteiger partial charge in [0.05, 0.1) is 17.0 Å². The van der Waals surface area contributed by atoms with E-state index in [-0.39, 0.29) is 24.4 Å². The Morgan fingerprint density at radius 3 is 2.59 bits per heavy atom. The molecule has 0 unspecified atom stereocenters. The van der Waals surface area contributed by atoms with Crippen LogP contribution in [0.3, 0.4) is 0 Å². The topological polar surface area (TPSA) is 57.7 Å². The monoisotopic (exact) mass is 320 g/mol. The lowest BCUT2D eigenvalue weighted by Crippen LogP contribution is -2.39. The largest absolute Gasteiger partial charge is 0.334 e. The van der Waals surface area contributed by atoms with Gasteiger partial charge < -0.3 is 4.90 Å². The van der Waals surface area contributed by atoms with Crippen LogP contribution in [0.25, 0.3) is 0 Å². The SMILES string of the molecule is C=CCN1C(=O)C[C@H]2[C@H]1CCN2S(=O)(=O)c1ccc(C)cc1. The molecule has 2 fully saturated rings. The third kappa shape index (κ3) is 2.36. The predicted octanol–water partition coefficient (Wildman–Crippen LogP) is 1.54. The van der Waals surface area contributed by atoms with E-state index in [0.717, 1.165) is 5.56 Å². The summed E-state index contributed by atoms with van der Waals surface area (Å²) in [6.45, 7) is 6.54. The number of fused-ring (bicyclic) bond motifs is 1.